The first kappa shape index (κ1) is 23.1. The van der Waals surface area contributed by atoms with Gasteiger partial charge in [-0.05, 0) is 54.5 Å². The molecule has 8 nitrogen and oxygen atoms in total. The first-order valence-corrected chi connectivity index (χ1v) is 12.6. The molecule has 9 heteroatoms. The van der Waals surface area contributed by atoms with E-state index in [1.165, 1.54) is 16.4 Å². The van der Waals surface area contributed by atoms with Crippen molar-refractivity contribution >= 4 is 15.9 Å². The van der Waals surface area contributed by atoms with Crippen molar-refractivity contribution in [3.8, 4) is 11.5 Å². The lowest BCUT2D eigenvalue weighted by atomic mass is 10.0. The Kier molecular flexibility index (Phi) is 6.90. The average molecular weight is 469 g/mol. The van der Waals surface area contributed by atoms with E-state index in [1.54, 1.807) is 12.1 Å². The fraction of sp³-hybridized carbons (Fsp3) is 0.375. The molecule has 0 radical (unpaired) electrons. The van der Waals surface area contributed by atoms with Gasteiger partial charge in [-0.15, -0.1) is 10.2 Å². The lowest BCUT2D eigenvalue weighted by Gasteiger charge is -2.29. The molecule has 1 N–H and O–H groups in total. The molecule has 0 unspecified atom stereocenters. The third-order valence-electron chi connectivity index (χ3n) is 6.04. The number of carbonyl (C=O) groups excluding carboxylic acids is 1. The fourth-order valence-electron chi connectivity index (χ4n) is 3.80. The minimum absolute atomic E-state index is 0.134. The van der Waals surface area contributed by atoms with Gasteiger partial charge in [0, 0.05) is 25.2 Å². The molecule has 0 bridgehead atoms. The monoisotopic (exact) mass is 468 g/mol. The van der Waals surface area contributed by atoms with Gasteiger partial charge in [-0.1, -0.05) is 44.2 Å². The largest absolute Gasteiger partial charge is 0.412 e. The van der Waals surface area contributed by atoms with Gasteiger partial charge < -0.3 is 9.73 Å². The smallest absolute Gasteiger partial charge is 0.308 e. The van der Waals surface area contributed by atoms with Gasteiger partial charge in [-0.2, -0.15) is 4.31 Å². The van der Waals surface area contributed by atoms with Gasteiger partial charge in [0.15, 0.2) is 0 Å². The third-order valence-corrected chi connectivity index (χ3v) is 7.95. The Bertz CT molecular complexity index is 1180. The Balaban J connectivity index is 1.39. The highest BCUT2D eigenvalue weighted by molar-refractivity contribution is 7.89. The van der Waals surface area contributed by atoms with E-state index in [0.29, 0.717) is 31.1 Å². The van der Waals surface area contributed by atoms with E-state index in [2.05, 4.69) is 22.4 Å². The average Bonchev–Trinajstić information content (AvgIpc) is 3.34. The van der Waals surface area contributed by atoms with Gasteiger partial charge in [0.05, 0.1) is 4.90 Å². The summed E-state index contributed by atoms with van der Waals surface area (Å²) in [7, 11) is -3.53. The van der Waals surface area contributed by atoms with Gasteiger partial charge in [-0.25, -0.2) is 8.42 Å². The van der Waals surface area contributed by atoms with E-state index in [-0.39, 0.29) is 22.6 Å². The van der Waals surface area contributed by atoms with Crippen LogP contribution in [0.15, 0.2) is 63.9 Å². The number of nitrogens with zero attached hydrogens (tertiary/aromatic N) is 3. The number of piperidine rings is 1. The van der Waals surface area contributed by atoms with Crippen molar-refractivity contribution in [3.05, 3.63) is 66.1 Å². The van der Waals surface area contributed by atoms with E-state index < -0.39 is 15.9 Å². The molecule has 1 amide bonds. The molecular formula is C24H28N4O4S. The molecule has 0 saturated carbocycles. The van der Waals surface area contributed by atoms with Crippen LogP contribution >= 0.6 is 0 Å². The molecule has 1 aliphatic rings. The van der Waals surface area contributed by atoms with Gasteiger partial charge in [0.25, 0.3) is 0 Å². The lowest BCUT2D eigenvalue weighted by molar-refractivity contribution is 0.0917. The van der Waals surface area contributed by atoms with Crippen LogP contribution in [-0.4, -0.2) is 48.5 Å². The summed E-state index contributed by atoms with van der Waals surface area (Å²) >= 11 is 0. The van der Waals surface area contributed by atoms with E-state index in [1.807, 2.05) is 37.3 Å². The summed E-state index contributed by atoms with van der Waals surface area (Å²) in [5.41, 5.74) is 1.67. The van der Waals surface area contributed by atoms with E-state index in [0.717, 1.165) is 18.4 Å². The maximum atomic E-state index is 12.9. The molecular weight excluding hydrogens is 440 g/mol. The predicted octanol–water partition coefficient (Wildman–Crippen LogP) is 3.69. The molecule has 33 heavy (non-hydrogen) atoms. The predicted molar refractivity (Wildman–Crippen MR) is 124 cm³/mol. The van der Waals surface area contributed by atoms with E-state index >= 15 is 0 Å². The first-order chi connectivity index (χ1) is 15.8. The van der Waals surface area contributed by atoms with Gasteiger partial charge >= 0.3 is 11.8 Å². The molecule has 1 aromatic heterocycles. The van der Waals surface area contributed by atoms with Crippen LogP contribution in [0.25, 0.3) is 11.5 Å². The van der Waals surface area contributed by atoms with Crippen LogP contribution in [-0.2, 0) is 10.0 Å². The maximum absolute atomic E-state index is 12.9. The molecule has 0 aliphatic carbocycles. The fourth-order valence-corrected chi connectivity index (χ4v) is 5.27. The minimum atomic E-state index is -3.53. The zero-order valence-electron chi connectivity index (χ0n) is 18.8. The summed E-state index contributed by atoms with van der Waals surface area (Å²) in [5, 5.41) is 10.6. The lowest BCUT2D eigenvalue weighted by Crippen LogP contribution is -2.37. The summed E-state index contributed by atoms with van der Waals surface area (Å²) in [6.45, 7) is 5.67. The third kappa shape index (κ3) is 5.31. The molecule has 0 spiro atoms. The van der Waals surface area contributed by atoms with Crippen molar-refractivity contribution < 1.29 is 17.6 Å². The number of carbonyl (C=O) groups is 1. The van der Waals surface area contributed by atoms with Crippen molar-refractivity contribution in [2.45, 2.75) is 37.5 Å². The van der Waals surface area contributed by atoms with Crippen LogP contribution in [0.2, 0.25) is 0 Å². The van der Waals surface area contributed by atoms with Gasteiger partial charge in [-0.3, -0.25) is 4.79 Å². The summed E-state index contributed by atoms with van der Waals surface area (Å²) in [6.07, 6.45) is 1.74. The van der Waals surface area contributed by atoms with E-state index in [4.69, 9.17) is 4.42 Å². The minimum Gasteiger partial charge on any atom is -0.412 e. The number of benzene rings is 2. The second kappa shape index (κ2) is 9.84. The molecule has 4 rings (SSSR count). The quantitative estimate of drug-likeness (QED) is 0.567. The number of hydrogen-bond acceptors (Lipinski definition) is 6. The molecule has 2 heterocycles. The second-order valence-corrected chi connectivity index (χ2v) is 10.5. The molecule has 1 saturated heterocycles. The Morgan fingerprint density at radius 2 is 1.76 bits per heavy atom. The van der Waals surface area contributed by atoms with Crippen LogP contribution in [0.3, 0.4) is 0 Å². The van der Waals surface area contributed by atoms with Crippen LogP contribution < -0.4 is 5.32 Å². The first-order valence-electron chi connectivity index (χ1n) is 11.1. The maximum Gasteiger partial charge on any atom is 0.308 e. The Morgan fingerprint density at radius 1 is 1.09 bits per heavy atom. The number of aromatic nitrogens is 2. The van der Waals surface area contributed by atoms with Gasteiger partial charge in [0.1, 0.15) is 0 Å². The topological polar surface area (TPSA) is 105 Å². The number of sulfonamides is 1. The van der Waals surface area contributed by atoms with Crippen LogP contribution in [0.5, 0.6) is 0 Å². The Morgan fingerprint density at radius 3 is 2.42 bits per heavy atom. The van der Waals surface area contributed by atoms with Gasteiger partial charge in [0.2, 0.25) is 15.9 Å². The number of nitrogens with one attached hydrogen (secondary N) is 1. The summed E-state index contributed by atoms with van der Waals surface area (Å²) in [6, 6.07) is 16.2. The van der Waals surface area contributed by atoms with Crippen molar-refractivity contribution in [3.63, 3.8) is 0 Å². The number of rotatable bonds is 7. The summed E-state index contributed by atoms with van der Waals surface area (Å²) < 4.78 is 32.8. The van der Waals surface area contributed by atoms with Crippen molar-refractivity contribution in [1.82, 2.24) is 19.8 Å². The molecule has 2 aromatic carbocycles. The van der Waals surface area contributed by atoms with Crippen LogP contribution in [0.1, 0.15) is 48.9 Å². The highest BCUT2D eigenvalue weighted by Gasteiger charge is 2.28. The van der Waals surface area contributed by atoms with Crippen LogP contribution in [0.4, 0.5) is 0 Å². The Hall–Kier alpha value is -3.04. The summed E-state index contributed by atoms with van der Waals surface area (Å²) in [5.74, 6) is 0.255. The zero-order valence-corrected chi connectivity index (χ0v) is 19.6. The van der Waals surface area contributed by atoms with Crippen molar-refractivity contribution in [2.75, 3.05) is 19.6 Å². The number of amides is 1. The SMILES string of the molecule is CC1CCN(S(=O)(=O)c2ccc(-c3nnc(C(=O)NC[C@@H](C)c4ccccc4)o3)cc2)CC1. The normalized spacial score (nSPS) is 16.4. The van der Waals surface area contributed by atoms with Crippen molar-refractivity contribution in [2.24, 2.45) is 5.92 Å². The molecule has 1 fully saturated rings. The highest BCUT2D eigenvalue weighted by atomic mass is 32.2. The molecule has 3 aromatic rings. The standard InChI is InChI=1S/C24H28N4O4S/c1-17-12-14-28(15-13-17)33(30,31)21-10-8-20(9-11-21)23-26-27-24(32-23)22(29)25-16-18(2)19-6-4-3-5-7-19/h3-11,17-18H,12-16H2,1-2H3,(H,25,29)/t18-/m1/s1. The van der Waals surface area contributed by atoms with Crippen molar-refractivity contribution in [1.29, 1.82) is 0 Å². The summed E-state index contributed by atoms with van der Waals surface area (Å²) in [4.78, 5) is 12.6. The Labute approximate surface area is 194 Å². The molecule has 1 aliphatic heterocycles. The number of hydrogen-bond donors (Lipinski definition) is 1. The highest BCUT2D eigenvalue weighted by Crippen LogP contribution is 2.26. The molecule has 174 valence electrons. The molecule has 1 atom stereocenters. The second-order valence-electron chi connectivity index (χ2n) is 8.55. The zero-order chi connectivity index (χ0) is 23.4. The van der Waals surface area contributed by atoms with E-state index in [9.17, 15) is 13.2 Å². The van der Waals surface area contributed by atoms with Crippen LogP contribution in [0, 0.1) is 5.92 Å².